The highest BCUT2D eigenvalue weighted by Crippen LogP contribution is 2.17. The van der Waals surface area contributed by atoms with Crippen LogP contribution in [0.3, 0.4) is 0 Å². The molecule has 1 rings (SSSR count). The molecule has 2 unspecified atom stereocenters. The first-order valence-electron chi connectivity index (χ1n) is 7.21. The summed E-state index contributed by atoms with van der Waals surface area (Å²) in [6.45, 7) is 9.45. The van der Waals surface area contributed by atoms with Crippen molar-refractivity contribution in [1.29, 1.82) is 0 Å². The van der Waals surface area contributed by atoms with E-state index in [9.17, 15) is 8.42 Å². The summed E-state index contributed by atoms with van der Waals surface area (Å²) in [7, 11) is -1.59. The second-order valence-corrected chi connectivity index (χ2v) is 6.99. The van der Waals surface area contributed by atoms with Crippen LogP contribution < -0.4 is 10.0 Å². The number of aryl methyl sites for hydroxylation is 1. The molecule has 0 spiro atoms. The van der Waals surface area contributed by atoms with Gasteiger partial charge in [0.2, 0.25) is 10.0 Å². The fourth-order valence-electron chi connectivity index (χ4n) is 2.08. The Morgan fingerprint density at radius 3 is 2.45 bits per heavy atom. The van der Waals surface area contributed by atoms with Crippen LogP contribution in [-0.2, 0) is 23.1 Å². The third kappa shape index (κ3) is 4.07. The predicted molar refractivity (Wildman–Crippen MR) is 82.1 cm³/mol. The maximum atomic E-state index is 12.4. The van der Waals surface area contributed by atoms with Crippen LogP contribution >= 0.6 is 0 Å². The minimum Gasteiger partial charge on any atom is -0.349 e. The largest absolute Gasteiger partial charge is 0.349 e. The summed E-state index contributed by atoms with van der Waals surface area (Å²) in [5.41, 5.74) is 0.978. The van der Waals surface area contributed by atoms with E-state index >= 15 is 0 Å². The molecule has 0 fully saturated rings. The monoisotopic (exact) mass is 301 g/mol. The van der Waals surface area contributed by atoms with Gasteiger partial charge in [-0.15, -0.1) is 0 Å². The van der Waals surface area contributed by atoms with E-state index in [4.69, 9.17) is 0 Å². The van der Waals surface area contributed by atoms with Gasteiger partial charge in [0.05, 0.1) is 4.90 Å². The summed E-state index contributed by atoms with van der Waals surface area (Å²) in [4.78, 5) is 0.347. The van der Waals surface area contributed by atoms with Crippen molar-refractivity contribution in [3.8, 4) is 0 Å². The highest BCUT2D eigenvalue weighted by molar-refractivity contribution is 7.89. The smallest absolute Gasteiger partial charge is 0.242 e. The molecule has 1 heterocycles. The second kappa shape index (κ2) is 7.24. The molecule has 0 aliphatic carbocycles. The maximum Gasteiger partial charge on any atom is 0.242 e. The molecule has 5 nitrogen and oxygen atoms in total. The molecule has 0 saturated heterocycles. The van der Waals surface area contributed by atoms with Gasteiger partial charge in [0.1, 0.15) is 0 Å². The zero-order valence-corrected chi connectivity index (χ0v) is 13.9. The molecule has 1 aromatic heterocycles. The van der Waals surface area contributed by atoms with Gasteiger partial charge >= 0.3 is 0 Å². The van der Waals surface area contributed by atoms with Crippen molar-refractivity contribution in [2.45, 2.75) is 58.1 Å². The Morgan fingerprint density at radius 2 is 1.95 bits per heavy atom. The van der Waals surface area contributed by atoms with Crippen molar-refractivity contribution < 1.29 is 8.42 Å². The van der Waals surface area contributed by atoms with Gasteiger partial charge in [-0.25, -0.2) is 13.1 Å². The minimum atomic E-state index is -3.44. The number of hydrogen-bond acceptors (Lipinski definition) is 3. The third-order valence-electron chi connectivity index (χ3n) is 3.81. The van der Waals surface area contributed by atoms with Gasteiger partial charge in [0.15, 0.2) is 0 Å². The van der Waals surface area contributed by atoms with Crippen LogP contribution in [0, 0.1) is 5.92 Å². The Morgan fingerprint density at radius 1 is 1.30 bits per heavy atom. The topological polar surface area (TPSA) is 63.1 Å². The van der Waals surface area contributed by atoms with Crippen molar-refractivity contribution in [3.05, 3.63) is 18.0 Å². The number of rotatable bonds is 8. The molecule has 6 heteroatoms. The maximum absolute atomic E-state index is 12.4. The Balaban J connectivity index is 2.98. The van der Waals surface area contributed by atoms with Crippen LogP contribution in [-0.4, -0.2) is 26.1 Å². The van der Waals surface area contributed by atoms with E-state index < -0.39 is 10.0 Å². The summed E-state index contributed by atoms with van der Waals surface area (Å²) >= 11 is 0. The molecule has 1 aromatic rings. The van der Waals surface area contributed by atoms with Gasteiger partial charge in [-0.3, -0.25) is 0 Å². The lowest BCUT2D eigenvalue weighted by Gasteiger charge is -2.19. The van der Waals surface area contributed by atoms with Gasteiger partial charge in [0.25, 0.3) is 0 Å². The Labute approximate surface area is 122 Å². The van der Waals surface area contributed by atoms with Crippen molar-refractivity contribution in [2.24, 2.45) is 5.92 Å². The van der Waals surface area contributed by atoms with Crippen LogP contribution in [0.1, 0.15) is 39.8 Å². The highest BCUT2D eigenvalue weighted by atomic mass is 32.2. The summed E-state index contributed by atoms with van der Waals surface area (Å²) in [6, 6.07) is 1.67. The second-order valence-electron chi connectivity index (χ2n) is 5.28. The van der Waals surface area contributed by atoms with E-state index in [1.165, 1.54) is 0 Å². The first kappa shape index (κ1) is 17.2. The van der Waals surface area contributed by atoms with Gasteiger partial charge in [-0.2, -0.15) is 0 Å². The summed E-state index contributed by atoms with van der Waals surface area (Å²) in [5, 5.41) is 3.06. The first-order chi connectivity index (χ1) is 9.35. The van der Waals surface area contributed by atoms with Crippen LogP contribution in [0.5, 0.6) is 0 Å². The summed E-state index contributed by atoms with van der Waals surface area (Å²) in [6.07, 6.45) is 2.66. The Kier molecular flexibility index (Phi) is 6.23. The Hall–Kier alpha value is -0.850. The first-order valence-corrected chi connectivity index (χ1v) is 8.70. The van der Waals surface area contributed by atoms with E-state index in [-0.39, 0.29) is 6.04 Å². The molecule has 0 aliphatic heterocycles. The van der Waals surface area contributed by atoms with Crippen LogP contribution in [0.25, 0.3) is 0 Å². The molecule has 2 atom stereocenters. The fraction of sp³-hybridized carbons (Fsp3) is 0.714. The molecule has 0 bridgehead atoms. The molecule has 0 aromatic carbocycles. The van der Waals surface area contributed by atoms with E-state index in [1.54, 1.807) is 12.3 Å². The molecule has 0 amide bonds. The zero-order chi connectivity index (χ0) is 15.3. The van der Waals surface area contributed by atoms with E-state index in [2.05, 4.69) is 23.9 Å². The molecule has 20 heavy (non-hydrogen) atoms. The predicted octanol–water partition coefficient (Wildman–Crippen LogP) is 1.94. The van der Waals surface area contributed by atoms with Crippen LogP contribution in [0.4, 0.5) is 0 Å². The van der Waals surface area contributed by atoms with Crippen molar-refractivity contribution in [3.63, 3.8) is 0 Å². The van der Waals surface area contributed by atoms with Crippen LogP contribution in [0.15, 0.2) is 17.2 Å². The normalized spacial score (nSPS) is 15.2. The molecule has 116 valence electrons. The molecule has 0 radical (unpaired) electrons. The fourth-order valence-corrected chi connectivity index (χ4v) is 3.49. The van der Waals surface area contributed by atoms with Crippen molar-refractivity contribution >= 4 is 10.0 Å². The van der Waals surface area contributed by atoms with E-state index in [1.807, 2.05) is 25.5 Å². The van der Waals surface area contributed by atoms with Gasteiger partial charge in [-0.1, -0.05) is 20.3 Å². The number of nitrogens with zero attached hydrogens (tertiary/aromatic N) is 1. The van der Waals surface area contributed by atoms with Crippen LogP contribution in [0.2, 0.25) is 0 Å². The summed E-state index contributed by atoms with van der Waals surface area (Å²) in [5.74, 6) is 0.315. The molecule has 2 N–H and O–H groups in total. The zero-order valence-electron chi connectivity index (χ0n) is 13.1. The Bertz CT molecular complexity index is 523. The quantitative estimate of drug-likeness (QED) is 0.771. The van der Waals surface area contributed by atoms with Gasteiger partial charge < -0.3 is 9.88 Å². The molecular formula is C14H27N3O2S. The van der Waals surface area contributed by atoms with Gasteiger partial charge in [0, 0.05) is 31.0 Å². The molecule has 0 aliphatic rings. The lowest BCUT2D eigenvalue weighted by Crippen LogP contribution is -2.36. The lowest BCUT2D eigenvalue weighted by atomic mass is 10.0. The standard InChI is InChI=1S/C14H27N3O2S/c1-6-11(3)12(4)16-20(18,19)14-8-13(9-15-5)17(7-2)10-14/h8,10-12,15-16H,6-7,9H2,1-5H3. The molecule has 0 saturated carbocycles. The molecular weight excluding hydrogens is 274 g/mol. The van der Waals surface area contributed by atoms with Gasteiger partial charge in [-0.05, 0) is 32.9 Å². The number of sulfonamides is 1. The average Bonchev–Trinajstić information content (AvgIpc) is 2.81. The highest BCUT2D eigenvalue weighted by Gasteiger charge is 2.22. The average molecular weight is 301 g/mol. The SMILES string of the molecule is CCC(C)C(C)NS(=O)(=O)c1cc(CNC)n(CC)c1. The van der Waals surface area contributed by atoms with Crippen molar-refractivity contribution in [2.75, 3.05) is 7.05 Å². The third-order valence-corrected chi connectivity index (χ3v) is 5.33. The van der Waals surface area contributed by atoms with Crippen molar-refractivity contribution in [1.82, 2.24) is 14.6 Å². The number of hydrogen-bond donors (Lipinski definition) is 2. The number of aromatic nitrogens is 1. The van der Waals surface area contributed by atoms with E-state index in [0.29, 0.717) is 17.4 Å². The lowest BCUT2D eigenvalue weighted by molar-refractivity contribution is 0.434. The minimum absolute atomic E-state index is 0.0669. The summed E-state index contributed by atoms with van der Waals surface area (Å²) < 4.78 is 29.5. The van der Waals surface area contributed by atoms with E-state index in [0.717, 1.165) is 18.7 Å². The number of nitrogens with one attached hydrogen (secondary N) is 2.